The molecule has 0 atom stereocenters. The van der Waals surface area contributed by atoms with Gasteiger partial charge < -0.3 is 9.47 Å². The van der Waals surface area contributed by atoms with E-state index in [0.717, 1.165) is 16.7 Å². The highest BCUT2D eigenvalue weighted by Crippen LogP contribution is 2.37. The monoisotopic (exact) mass is 338 g/mol. The van der Waals surface area contributed by atoms with E-state index < -0.39 is 0 Å². The zero-order valence-electron chi connectivity index (χ0n) is 11.8. The van der Waals surface area contributed by atoms with Gasteiger partial charge in [0.15, 0.2) is 0 Å². The van der Waals surface area contributed by atoms with Crippen LogP contribution >= 0.6 is 15.9 Å². The maximum atomic E-state index is 4.27. The van der Waals surface area contributed by atoms with Gasteiger partial charge >= 0.3 is 0 Å². The molecule has 0 saturated carbocycles. The quantitative estimate of drug-likeness (QED) is 0.610. The van der Waals surface area contributed by atoms with Gasteiger partial charge in [-0.1, -0.05) is 28.6 Å². The van der Waals surface area contributed by atoms with Crippen LogP contribution in [0.4, 0.5) is 5.69 Å². The van der Waals surface area contributed by atoms with Crippen molar-refractivity contribution in [1.82, 2.24) is 4.57 Å². The molecule has 0 radical (unpaired) electrons. The average molecular weight is 339 g/mol. The number of hydrogen-bond donors (Lipinski definition) is 0. The average Bonchev–Trinajstić information content (AvgIpc) is 3.00. The smallest absolute Gasteiger partial charge is 0.0488 e. The number of benzene rings is 2. The fraction of sp³-hybridized carbons (Fsp3) is 0.111. The van der Waals surface area contributed by atoms with Gasteiger partial charge in [0, 0.05) is 52.1 Å². The molecule has 2 nitrogen and oxygen atoms in total. The third-order valence-electron chi connectivity index (χ3n) is 4.21. The normalized spacial score (nSPS) is 14.0. The Morgan fingerprint density at radius 1 is 1.10 bits per heavy atom. The topological polar surface area (TPSA) is 8.17 Å². The van der Waals surface area contributed by atoms with Gasteiger partial charge in [0.05, 0.1) is 0 Å². The molecular formula is C18H15BrN2. The summed E-state index contributed by atoms with van der Waals surface area (Å²) in [5.41, 5.74) is 6.09. The highest BCUT2D eigenvalue weighted by Gasteiger charge is 2.23. The first-order valence-electron chi connectivity index (χ1n) is 6.94. The number of halogens is 1. The summed E-state index contributed by atoms with van der Waals surface area (Å²) in [6.07, 6.45) is 2.10. The van der Waals surface area contributed by atoms with E-state index in [2.05, 4.69) is 87.7 Å². The maximum absolute atomic E-state index is 4.27. The first-order valence-corrected chi connectivity index (χ1v) is 7.73. The first kappa shape index (κ1) is 12.7. The van der Waals surface area contributed by atoms with E-state index in [9.17, 15) is 0 Å². The number of nitrogens with zero attached hydrogens (tertiary/aromatic N) is 2. The summed E-state index contributed by atoms with van der Waals surface area (Å²) in [6, 6.07) is 15.1. The van der Waals surface area contributed by atoms with Crippen molar-refractivity contribution in [1.29, 1.82) is 0 Å². The maximum Gasteiger partial charge on any atom is 0.0488 e. The van der Waals surface area contributed by atoms with Crippen LogP contribution in [0, 0.1) is 0 Å². The highest BCUT2D eigenvalue weighted by molar-refractivity contribution is 9.10. The second kappa shape index (κ2) is 4.50. The first-order chi connectivity index (χ1) is 10.1. The molecule has 1 aliphatic heterocycles. The molecule has 0 aliphatic carbocycles. The predicted octanol–water partition coefficient (Wildman–Crippen LogP) is 4.93. The zero-order chi connectivity index (χ0) is 14.6. The standard InChI is InChI=1S/C18H15BrN2/c1-12-17-5-3-15(19)9-14(17)11-21(12)16-4-6-18-13(10-16)7-8-20(18)2/h3-10H,1,11H2,2H3. The molecule has 0 saturated heterocycles. The molecule has 2 heterocycles. The fourth-order valence-electron chi connectivity index (χ4n) is 3.07. The van der Waals surface area contributed by atoms with E-state index in [1.807, 2.05) is 0 Å². The Bertz CT molecular complexity index is 876. The van der Waals surface area contributed by atoms with Gasteiger partial charge in [0.1, 0.15) is 0 Å². The number of fused-ring (bicyclic) bond motifs is 2. The second-order valence-corrected chi connectivity index (χ2v) is 6.42. The zero-order valence-corrected chi connectivity index (χ0v) is 13.4. The Balaban J connectivity index is 1.78. The van der Waals surface area contributed by atoms with Crippen LogP contribution in [0.25, 0.3) is 16.6 Å². The van der Waals surface area contributed by atoms with Crippen LogP contribution in [0.2, 0.25) is 0 Å². The third kappa shape index (κ3) is 1.92. The van der Waals surface area contributed by atoms with Gasteiger partial charge in [-0.05, 0) is 42.0 Å². The van der Waals surface area contributed by atoms with Crippen molar-refractivity contribution in [3.8, 4) is 0 Å². The van der Waals surface area contributed by atoms with Crippen molar-refractivity contribution < 1.29 is 0 Å². The van der Waals surface area contributed by atoms with Crippen LogP contribution in [-0.4, -0.2) is 4.57 Å². The summed E-state index contributed by atoms with van der Waals surface area (Å²) in [7, 11) is 2.07. The molecule has 1 aromatic heterocycles. The number of rotatable bonds is 1. The van der Waals surface area contributed by atoms with Crippen molar-refractivity contribution in [2.24, 2.45) is 7.05 Å². The van der Waals surface area contributed by atoms with Gasteiger partial charge in [0.25, 0.3) is 0 Å². The number of anilines is 1. The molecule has 0 amide bonds. The number of aromatic nitrogens is 1. The Morgan fingerprint density at radius 3 is 2.81 bits per heavy atom. The van der Waals surface area contributed by atoms with Crippen molar-refractivity contribution in [2.75, 3.05) is 4.90 Å². The lowest BCUT2D eigenvalue weighted by Gasteiger charge is -2.19. The molecule has 3 heteroatoms. The fourth-order valence-corrected chi connectivity index (χ4v) is 3.48. The third-order valence-corrected chi connectivity index (χ3v) is 4.71. The van der Waals surface area contributed by atoms with E-state index in [1.165, 1.54) is 27.7 Å². The van der Waals surface area contributed by atoms with Crippen molar-refractivity contribution in [2.45, 2.75) is 6.54 Å². The van der Waals surface area contributed by atoms with Crippen LogP contribution in [-0.2, 0) is 13.6 Å². The molecule has 3 aromatic rings. The van der Waals surface area contributed by atoms with Gasteiger partial charge in [-0.3, -0.25) is 0 Å². The lowest BCUT2D eigenvalue weighted by Crippen LogP contribution is -2.12. The molecule has 4 rings (SSSR count). The van der Waals surface area contributed by atoms with E-state index in [4.69, 9.17) is 0 Å². The van der Waals surface area contributed by atoms with Crippen LogP contribution in [0.5, 0.6) is 0 Å². The van der Waals surface area contributed by atoms with E-state index >= 15 is 0 Å². The molecule has 21 heavy (non-hydrogen) atoms. The number of hydrogen-bond acceptors (Lipinski definition) is 1. The molecule has 2 aromatic carbocycles. The van der Waals surface area contributed by atoms with Crippen molar-refractivity contribution >= 4 is 38.2 Å². The van der Waals surface area contributed by atoms with Crippen molar-refractivity contribution in [3.63, 3.8) is 0 Å². The van der Waals surface area contributed by atoms with E-state index in [-0.39, 0.29) is 0 Å². The Labute approximate surface area is 132 Å². The summed E-state index contributed by atoms with van der Waals surface area (Å²) in [5.74, 6) is 0. The van der Waals surface area contributed by atoms with Gasteiger partial charge in [-0.2, -0.15) is 0 Å². The molecule has 0 spiro atoms. The minimum absolute atomic E-state index is 0.881. The molecule has 1 aliphatic rings. The summed E-state index contributed by atoms with van der Waals surface area (Å²) < 4.78 is 3.26. The SMILES string of the molecule is C=C1c2ccc(Br)cc2CN1c1ccc2c(ccn2C)c1. The van der Waals surface area contributed by atoms with E-state index in [1.54, 1.807) is 0 Å². The molecule has 0 N–H and O–H groups in total. The highest BCUT2D eigenvalue weighted by atomic mass is 79.9. The summed E-state index contributed by atoms with van der Waals surface area (Å²) in [4.78, 5) is 2.28. The van der Waals surface area contributed by atoms with Crippen LogP contribution < -0.4 is 4.90 Å². The summed E-state index contributed by atoms with van der Waals surface area (Å²) in [6.45, 7) is 5.15. The van der Waals surface area contributed by atoms with Crippen LogP contribution in [0.1, 0.15) is 11.1 Å². The number of aryl methyl sites for hydroxylation is 1. The van der Waals surface area contributed by atoms with Crippen LogP contribution in [0.15, 0.2) is 59.7 Å². The summed E-state index contributed by atoms with van der Waals surface area (Å²) in [5, 5.41) is 1.26. The second-order valence-electron chi connectivity index (χ2n) is 5.50. The molecule has 0 bridgehead atoms. The lowest BCUT2D eigenvalue weighted by atomic mass is 10.1. The summed E-state index contributed by atoms with van der Waals surface area (Å²) >= 11 is 3.55. The molecular weight excluding hydrogens is 324 g/mol. The predicted molar refractivity (Wildman–Crippen MR) is 92.3 cm³/mol. The largest absolute Gasteiger partial charge is 0.351 e. The molecule has 0 fully saturated rings. The van der Waals surface area contributed by atoms with Crippen LogP contribution in [0.3, 0.4) is 0 Å². The molecule has 104 valence electrons. The minimum atomic E-state index is 0.881. The van der Waals surface area contributed by atoms with E-state index in [0.29, 0.717) is 0 Å². The Kier molecular flexibility index (Phi) is 2.73. The Morgan fingerprint density at radius 2 is 1.95 bits per heavy atom. The lowest BCUT2D eigenvalue weighted by molar-refractivity contribution is 0.968. The molecule has 0 unspecified atom stereocenters. The minimum Gasteiger partial charge on any atom is -0.351 e. The Hall–Kier alpha value is -2.00. The van der Waals surface area contributed by atoms with Gasteiger partial charge in [-0.25, -0.2) is 0 Å². The van der Waals surface area contributed by atoms with Crippen molar-refractivity contribution in [3.05, 3.63) is 70.8 Å². The van der Waals surface area contributed by atoms with Gasteiger partial charge in [0.2, 0.25) is 0 Å². The van der Waals surface area contributed by atoms with Gasteiger partial charge in [-0.15, -0.1) is 0 Å².